The van der Waals surface area contributed by atoms with Gasteiger partial charge in [-0.05, 0) is 44.7 Å². The van der Waals surface area contributed by atoms with Crippen molar-refractivity contribution < 1.29 is 9.53 Å². The van der Waals surface area contributed by atoms with E-state index in [2.05, 4.69) is 9.88 Å². The van der Waals surface area contributed by atoms with Crippen molar-refractivity contribution in [3.63, 3.8) is 0 Å². The van der Waals surface area contributed by atoms with E-state index in [1.165, 1.54) is 0 Å². The van der Waals surface area contributed by atoms with Crippen molar-refractivity contribution in [2.45, 2.75) is 50.8 Å². The molecule has 2 aromatic rings. The number of piperidine rings is 1. The number of hydrogen-bond acceptors (Lipinski definition) is 3. The minimum Gasteiger partial charge on any atom is -0.381 e. The van der Waals surface area contributed by atoms with Crippen molar-refractivity contribution in [2.75, 3.05) is 7.11 Å². The quantitative estimate of drug-likeness (QED) is 0.855. The highest BCUT2D eigenvalue weighted by Gasteiger charge is 2.44. The van der Waals surface area contributed by atoms with E-state index < -0.39 is 0 Å². The number of pyridine rings is 1. The number of ether oxygens (including phenoxy) is 1. The number of aryl methyl sites for hydroxylation is 1. The average Bonchev–Trinajstić information content (AvgIpc) is 2.99. The molecule has 2 unspecified atom stereocenters. The summed E-state index contributed by atoms with van der Waals surface area (Å²) in [5.41, 5.74) is 2.36. The Morgan fingerprint density at radius 3 is 2.68 bits per heavy atom. The molecule has 4 rings (SSSR count). The van der Waals surface area contributed by atoms with Gasteiger partial charge in [0.1, 0.15) is 11.3 Å². The maximum absolute atomic E-state index is 13.2. The molecule has 0 spiro atoms. The van der Waals surface area contributed by atoms with Crippen LogP contribution in [0.25, 0.3) is 5.65 Å². The fourth-order valence-corrected chi connectivity index (χ4v) is 4.14. The van der Waals surface area contributed by atoms with Crippen LogP contribution < -0.4 is 0 Å². The van der Waals surface area contributed by atoms with Gasteiger partial charge < -0.3 is 9.64 Å². The first-order valence-corrected chi connectivity index (χ1v) is 7.98. The third-order valence-corrected chi connectivity index (χ3v) is 5.16. The van der Waals surface area contributed by atoms with E-state index >= 15 is 0 Å². The summed E-state index contributed by atoms with van der Waals surface area (Å²) < 4.78 is 7.45. The molecule has 2 bridgehead atoms. The van der Waals surface area contributed by atoms with E-state index in [9.17, 15) is 4.79 Å². The van der Waals surface area contributed by atoms with Crippen LogP contribution in [0, 0.1) is 6.92 Å². The molecule has 5 heteroatoms. The summed E-state index contributed by atoms with van der Waals surface area (Å²) in [5.74, 6) is 0.123. The Hall–Kier alpha value is -1.88. The van der Waals surface area contributed by atoms with Gasteiger partial charge in [-0.15, -0.1) is 0 Å². The predicted molar refractivity (Wildman–Crippen MR) is 82.9 cm³/mol. The van der Waals surface area contributed by atoms with Crippen molar-refractivity contribution in [3.05, 3.63) is 35.8 Å². The Morgan fingerprint density at radius 2 is 2.00 bits per heavy atom. The monoisotopic (exact) mass is 299 g/mol. The molecule has 5 nitrogen and oxygen atoms in total. The Bertz CT molecular complexity index is 710. The van der Waals surface area contributed by atoms with Crippen molar-refractivity contribution in [1.29, 1.82) is 0 Å². The Morgan fingerprint density at radius 1 is 1.27 bits per heavy atom. The van der Waals surface area contributed by atoms with E-state index in [-0.39, 0.29) is 5.91 Å². The van der Waals surface area contributed by atoms with E-state index in [1.54, 1.807) is 7.11 Å². The minimum atomic E-state index is 0.123. The van der Waals surface area contributed by atoms with Crippen molar-refractivity contribution in [1.82, 2.24) is 14.3 Å². The SMILES string of the molecule is COC1CC2CCC(C1)N2C(=O)c1c(C)nc2ccccn12. The number of methoxy groups -OCH3 is 1. The Kier molecular flexibility index (Phi) is 3.18. The molecular weight excluding hydrogens is 278 g/mol. The standard InChI is InChI=1S/C17H21N3O2/c1-11-16(19-8-4-3-5-15(19)18-11)17(21)20-12-6-7-13(20)10-14(9-12)22-2/h3-5,8,12-14H,6-7,9-10H2,1-2H3. The van der Waals surface area contributed by atoms with Gasteiger partial charge in [-0.2, -0.15) is 0 Å². The lowest BCUT2D eigenvalue weighted by molar-refractivity contribution is 0.00785. The number of hydrogen-bond donors (Lipinski definition) is 0. The molecule has 2 fully saturated rings. The molecular formula is C17H21N3O2. The summed E-state index contributed by atoms with van der Waals surface area (Å²) in [4.78, 5) is 19.8. The number of carbonyl (C=O) groups is 1. The molecule has 0 saturated carbocycles. The largest absolute Gasteiger partial charge is 0.381 e. The van der Waals surface area contributed by atoms with Gasteiger partial charge in [0.15, 0.2) is 0 Å². The first-order chi connectivity index (χ1) is 10.7. The Balaban J connectivity index is 1.71. The molecule has 4 heterocycles. The lowest BCUT2D eigenvalue weighted by Gasteiger charge is -2.38. The zero-order valence-corrected chi connectivity index (χ0v) is 13.0. The van der Waals surface area contributed by atoms with E-state index in [0.29, 0.717) is 23.9 Å². The summed E-state index contributed by atoms with van der Waals surface area (Å²) in [6, 6.07) is 6.45. The summed E-state index contributed by atoms with van der Waals surface area (Å²) in [7, 11) is 1.77. The van der Waals surface area contributed by atoms with Gasteiger partial charge in [-0.25, -0.2) is 4.98 Å². The Labute approximate surface area is 129 Å². The van der Waals surface area contributed by atoms with Gasteiger partial charge in [0, 0.05) is 25.4 Å². The molecule has 22 heavy (non-hydrogen) atoms. The highest BCUT2D eigenvalue weighted by Crippen LogP contribution is 2.38. The summed E-state index contributed by atoms with van der Waals surface area (Å²) in [6.45, 7) is 1.92. The predicted octanol–water partition coefficient (Wildman–Crippen LogP) is 2.42. The molecule has 0 aliphatic carbocycles. The minimum absolute atomic E-state index is 0.123. The summed E-state index contributed by atoms with van der Waals surface area (Å²) >= 11 is 0. The second-order valence-corrected chi connectivity index (χ2v) is 6.40. The van der Waals surface area contributed by atoms with Gasteiger partial charge in [-0.3, -0.25) is 9.20 Å². The number of nitrogens with zero attached hydrogens (tertiary/aromatic N) is 3. The number of fused-ring (bicyclic) bond motifs is 3. The number of rotatable bonds is 2. The van der Waals surface area contributed by atoms with Gasteiger partial charge in [0.05, 0.1) is 11.8 Å². The molecule has 2 aliphatic rings. The maximum atomic E-state index is 13.2. The van der Waals surface area contributed by atoms with Crippen LogP contribution in [0.15, 0.2) is 24.4 Å². The van der Waals surface area contributed by atoms with Crippen LogP contribution in [0.3, 0.4) is 0 Å². The molecule has 0 aromatic carbocycles. The van der Waals surface area contributed by atoms with Crippen LogP contribution >= 0.6 is 0 Å². The first kappa shape index (κ1) is 13.8. The van der Waals surface area contributed by atoms with E-state index in [4.69, 9.17) is 4.74 Å². The topological polar surface area (TPSA) is 46.8 Å². The third kappa shape index (κ3) is 1.96. The van der Waals surface area contributed by atoms with Crippen LogP contribution in [-0.4, -0.2) is 45.5 Å². The summed E-state index contributed by atoms with van der Waals surface area (Å²) in [6.07, 6.45) is 6.30. The maximum Gasteiger partial charge on any atom is 0.273 e. The van der Waals surface area contributed by atoms with Crippen LogP contribution in [0.2, 0.25) is 0 Å². The molecule has 0 radical (unpaired) electrons. The van der Waals surface area contributed by atoms with Crippen molar-refractivity contribution in [3.8, 4) is 0 Å². The number of carbonyl (C=O) groups excluding carboxylic acids is 1. The zero-order chi connectivity index (χ0) is 15.3. The lowest BCUT2D eigenvalue weighted by Crippen LogP contribution is -2.48. The van der Waals surface area contributed by atoms with Crippen LogP contribution in [0.4, 0.5) is 0 Å². The van der Waals surface area contributed by atoms with Gasteiger partial charge in [0.2, 0.25) is 0 Å². The van der Waals surface area contributed by atoms with Crippen LogP contribution in [0.5, 0.6) is 0 Å². The molecule has 116 valence electrons. The molecule has 2 saturated heterocycles. The second-order valence-electron chi connectivity index (χ2n) is 6.40. The van der Waals surface area contributed by atoms with E-state index in [1.807, 2.05) is 35.7 Å². The summed E-state index contributed by atoms with van der Waals surface area (Å²) in [5, 5.41) is 0. The molecule has 2 aliphatic heterocycles. The highest BCUT2D eigenvalue weighted by molar-refractivity contribution is 5.95. The van der Waals surface area contributed by atoms with Gasteiger partial charge >= 0.3 is 0 Å². The van der Waals surface area contributed by atoms with Gasteiger partial charge in [0.25, 0.3) is 5.91 Å². The second kappa shape index (κ2) is 5.09. The highest BCUT2D eigenvalue weighted by atomic mass is 16.5. The fraction of sp³-hybridized carbons (Fsp3) is 0.529. The number of aromatic nitrogens is 2. The lowest BCUT2D eigenvalue weighted by atomic mass is 9.99. The van der Waals surface area contributed by atoms with Crippen LogP contribution in [-0.2, 0) is 4.74 Å². The zero-order valence-electron chi connectivity index (χ0n) is 13.0. The van der Waals surface area contributed by atoms with Crippen molar-refractivity contribution >= 4 is 11.6 Å². The molecule has 2 atom stereocenters. The first-order valence-electron chi connectivity index (χ1n) is 7.98. The smallest absolute Gasteiger partial charge is 0.273 e. The van der Waals surface area contributed by atoms with E-state index in [0.717, 1.165) is 37.0 Å². The normalized spacial score (nSPS) is 27.5. The van der Waals surface area contributed by atoms with Gasteiger partial charge in [-0.1, -0.05) is 6.07 Å². The van der Waals surface area contributed by atoms with Crippen molar-refractivity contribution in [2.24, 2.45) is 0 Å². The molecule has 1 amide bonds. The van der Waals surface area contributed by atoms with Crippen LogP contribution in [0.1, 0.15) is 41.9 Å². The number of amides is 1. The number of imidazole rings is 1. The average molecular weight is 299 g/mol. The molecule has 0 N–H and O–H groups in total. The fourth-order valence-electron chi connectivity index (χ4n) is 4.14. The molecule has 2 aromatic heterocycles. The third-order valence-electron chi connectivity index (χ3n) is 5.16.